The van der Waals surface area contributed by atoms with Gasteiger partial charge in [-0.15, -0.1) is 0 Å². The molecule has 2 aromatic heterocycles. The Kier molecular flexibility index (Phi) is 4.10. The molecule has 3 rings (SSSR count). The zero-order chi connectivity index (χ0) is 16.4. The molecule has 3 aromatic rings. The van der Waals surface area contributed by atoms with Crippen LogP contribution >= 0.6 is 0 Å². The van der Waals surface area contributed by atoms with Crippen LogP contribution in [-0.2, 0) is 4.79 Å². The van der Waals surface area contributed by atoms with Gasteiger partial charge in [0.15, 0.2) is 0 Å². The van der Waals surface area contributed by atoms with Crippen molar-refractivity contribution in [2.24, 2.45) is 5.92 Å². The molecule has 0 aliphatic rings. The van der Waals surface area contributed by atoms with Crippen LogP contribution < -0.4 is 10.9 Å². The normalized spacial score (nSPS) is 11.3. The van der Waals surface area contributed by atoms with Gasteiger partial charge < -0.3 is 9.73 Å². The van der Waals surface area contributed by atoms with Crippen molar-refractivity contribution in [2.75, 3.05) is 5.32 Å². The van der Waals surface area contributed by atoms with Gasteiger partial charge in [0.2, 0.25) is 5.91 Å². The number of amides is 1. The van der Waals surface area contributed by atoms with Crippen LogP contribution in [0.2, 0.25) is 0 Å². The van der Waals surface area contributed by atoms with E-state index in [-0.39, 0.29) is 5.91 Å². The smallest absolute Gasteiger partial charge is 0.345 e. The monoisotopic (exact) mass is 310 g/mol. The minimum atomic E-state index is -0.427. The molecule has 1 N–H and O–H groups in total. The number of hydrogen-bond acceptors (Lipinski definition) is 4. The van der Waals surface area contributed by atoms with Gasteiger partial charge in [-0.3, -0.25) is 9.78 Å². The lowest BCUT2D eigenvalue weighted by atomic mass is 10.1. The molecule has 0 aliphatic heterocycles. The maximum absolute atomic E-state index is 12.0. The lowest BCUT2D eigenvalue weighted by Crippen LogP contribution is -2.12. The Labute approximate surface area is 133 Å². The van der Waals surface area contributed by atoms with Crippen molar-refractivity contribution < 1.29 is 9.21 Å². The highest BCUT2D eigenvalue weighted by Crippen LogP contribution is 2.25. The molecule has 0 bridgehead atoms. The summed E-state index contributed by atoms with van der Waals surface area (Å²) in [4.78, 5) is 27.9. The molecule has 0 atom stereocenters. The van der Waals surface area contributed by atoms with Gasteiger partial charge in [-0.2, -0.15) is 0 Å². The Morgan fingerprint density at radius 3 is 2.83 bits per heavy atom. The second kappa shape index (κ2) is 6.20. The number of anilines is 1. The van der Waals surface area contributed by atoms with E-state index in [0.29, 0.717) is 29.0 Å². The number of rotatable bonds is 4. The SMILES string of the molecule is CC(C)CCC(=O)Nc1ccc2c(c1)oc(=O)c1cnccc12. The first-order chi connectivity index (χ1) is 11.0. The van der Waals surface area contributed by atoms with Crippen LogP contribution in [-0.4, -0.2) is 10.9 Å². The minimum Gasteiger partial charge on any atom is -0.422 e. The number of pyridine rings is 1. The first-order valence-electron chi connectivity index (χ1n) is 7.65. The first-order valence-corrected chi connectivity index (χ1v) is 7.65. The molecule has 1 aromatic carbocycles. The molecular formula is C18H18N2O3. The zero-order valence-corrected chi connectivity index (χ0v) is 13.1. The predicted molar refractivity (Wildman–Crippen MR) is 90.5 cm³/mol. The van der Waals surface area contributed by atoms with E-state index in [1.807, 2.05) is 12.1 Å². The van der Waals surface area contributed by atoms with Gasteiger partial charge >= 0.3 is 5.63 Å². The largest absolute Gasteiger partial charge is 0.422 e. The fourth-order valence-corrected chi connectivity index (χ4v) is 2.50. The Hall–Kier alpha value is -2.69. The van der Waals surface area contributed by atoms with E-state index < -0.39 is 5.63 Å². The summed E-state index contributed by atoms with van der Waals surface area (Å²) in [6.45, 7) is 4.16. The summed E-state index contributed by atoms with van der Waals surface area (Å²) in [5, 5.41) is 4.91. The van der Waals surface area contributed by atoms with Crippen LogP contribution in [0, 0.1) is 5.92 Å². The maximum atomic E-state index is 12.0. The highest BCUT2D eigenvalue weighted by molar-refractivity contribution is 6.05. The van der Waals surface area contributed by atoms with E-state index in [2.05, 4.69) is 24.1 Å². The Morgan fingerprint density at radius 2 is 2.04 bits per heavy atom. The third kappa shape index (κ3) is 3.23. The van der Waals surface area contributed by atoms with Gasteiger partial charge in [-0.05, 0) is 30.5 Å². The minimum absolute atomic E-state index is 0.0367. The van der Waals surface area contributed by atoms with Crippen LogP contribution in [0.15, 0.2) is 45.9 Å². The van der Waals surface area contributed by atoms with E-state index in [1.54, 1.807) is 18.3 Å². The third-order valence-corrected chi connectivity index (χ3v) is 3.75. The molecule has 0 radical (unpaired) electrons. The molecular weight excluding hydrogens is 292 g/mol. The molecule has 0 aliphatic carbocycles. The number of carbonyl (C=O) groups is 1. The highest BCUT2D eigenvalue weighted by Gasteiger charge is 2.09. The van der Waals surface area contributed by atoms with Gasteiger partial charge in [-0.25, -0.2) is 4.79 Å². The lowest BCUT2D eigenvalue weighted by Gasteiger charge is -2.08. The number of hydrogen-bond donors (Lipinski definition) is 1. The van der Waals surface area contributed by atoms with Crippen molar-refractivity contribution in [1.82, 2.24) is 4.98 Å². The maximum Gasteiger partial charge on any atom is 0.345 e. The van der Waals surface area contributed by atoms with Crippen molar-refractivity contribution >= 4 is 33.3 Å². The van der Waals surface area contributed by atoms with Crippen molar-refractivity contribution in [2.45, 2.75) is 26.7 Å². The van der Waals surface area contributed by atoms with E-state index >= 15 is 0 Å². The van der Waals surface area contributed by atoms with E-state index in [0.717, 1.165) is 17.2 Å². The number of carbonyl (C=O) groups excluding carboxylic acids is 1. The molecule has 2 heterocycles. The van der Waals surface area contributed by atoms with Gasteiger partial charge in [0, 0.05) is 41.3 Å². The average Bonchev–Trinajstić information content (AvgIpc) is 2.53. The molecule has 5 heteroatoms. The predicted octanol–water partition coefficient (Wildman–Crippen LogP) is 3.72. The molecule has 0 saturated heterocycles. The quantitative estimate of drug-likeness (QED) is 0.589. The number of fused-ring (bicyclic) bond motifs is 3. The van der Waals surface area contributed by atoms with Crippen molar-refractivity contribution in [3.05, 3.63) is 47.1 Å². The average molecular weight is 310 g/mol. The molecule has 0 spiro atoms. The van der Waals surface area contributed by atoms with Crippen LogP contribution in [0.3, 0.4) is 0 Å². The van der Waals surface area contributed by atoms with Crippen molar-refractivity contribution in [3.8, 4) is 0 Å². The molecule has 0 saturated carbocycles. The third-order valence-electron chi connectivity index (χ3n) is 3.75. The van der Waals surface area contributed by atoms with Gasteiger partial charge in [-0.1, -0.05) is 13.8 Å². The second-order valence-corrected chi connectivity index (χ2v) is 6.00. The number of nitrogens with zero attached hydrogens (tertiary/aromatic N) is 1. The standard InChI is InChI=1S/C18H18N2O3/c1-11(2)3-6-17(21)20-12-4-5-14-13-7-8-19-10-15(13)18(22)23-16(14)9-12/h4-5,7-11H,3,6H2,1-2H3,(H,20,21). The van der Waals surface area contributed by atoms with Gasteiger partial charge in [0.05, 0.1) is 5.39 Å². The molecule has 0 fully saturated rings. The molecule has 0 unspecified atom stereocenters. The topological polar surface area (TPSA) is 72.2 Å². The molecule has 5 nitrogen and oxygen atoms in total. The lowest BCUT2D eigenvalue weighted by molar-refractivity contribution is -0.116. The Bertz CT molecular complexity index is 928. The van der Waals surface area contributed by atoms with E-state index in [9.17, 15) is 9.59 Å². The van der Waals surface area contributed by atoms with E-state index in [1.165, 1.54) is 6.20 Å². The molecule has 23 heavy (non-hydrogen) atoms. The molecule has 1 amide bonds. The summed E-state index contributed by atoms with van der Waals surface area (Å²) in [5.41, 5.74) is 0.655. The fraction of sp³-hybridized carbons (Fsp3) is 0.278. The van der Waals surface area contributed by atoms with E-state index in [4.69, 9.17) is 4.42 Å². The Morgan fingerprint density at radius 1 is 1.22 bits per heavy atom. The van der Waals surface area contributed by atoms with Crippen LogP contribution in [0.1, 0.15) is 26.7 Å². The summed E-state index contributed by atoms with van der Waals surface area (Å²) >= 11 is 0. The van der Waals surface area contributed by atoms with Crippen molar-refractivity contribution in [3.63, 3.8) is 0 Å². The van der Waals surface area contributed by atoms with Crippen LogP contribution in [0.4, 0.5) is 5.69 Å². The van der Waals surface area contributed by atoms with Crippen LogP contribution in [0.5, 0.6) is 0 Å². The number of nitrogens with one attached hydrogen (secondary N) is 1. The first kappa shape index (κ1) is 15.2. The highest BCUT2D eigenvalue weighted by atomic mass is 16.4. The Balaban J connectivity index is 1.95. The van der Waals surface area contributed by atoms with Crippen LogP contribution in [0.25, 0.3) is 21.7 Å². The fourth-order valence-electron chi connectivity index (χ4n) is 2.50. The summed E-state index contributed by atoms with van der Waals surface area (Å²) in [7, 11) is 0. The second-order valence-electron chi connectivity index (χ2n) is 6.00. The summed E-state index contributed by atoms with van der Waals surface area (Å²) in [6.07, 6.45) is 4.46. The zero-order valence-electron chi connectivity index (χ0n) is 13.1. The van der Waals surface area contributed by atoms with Gasteiger partial charge in [0.1, 0.15) is 5.58 Å². The molecule has 118 valence electrons. The van der Waals surface area contributed by atoms with Crippen molar-refractivity contribution in [1.29, 1.82) is 0 Å². The summed E-state index contributed by atoms with van der Waals surface area (Å²) in [6, 6.07) is 7.13. The summed E-state index contributed by atoms with van der Waals surface area (Å²) < 4.78 is 5.35. The number of aromatic nitrogens is 1. The summed E-state index contributed by atoms with van der Waals surface area (Å²) in [5.74, 6) is 0.445. The number of benzene rings is 1. The van der Waals surface area contributed by atoms with Gasteiger partial charge in [0.25, 0.3) is 0 Å².